The molecule has 23 heavy (non-hydrogen) atoms. The lowest BCUT2D eigenvalue weighted by Gasteiger charge is -2.25. The molecule has 1 aromatic carbocycles. The van der Waals surface area contributed by atoms with Crippen LogP contribution in [-0.4, -0.2) is 29.0 Å². The standard InChI is InChI=1S/C17H18O6/c1-17(2,20)12(18)8-11-9-4-5-13(19)23-15(9)16(21-3)14-10(11)6-7-22-14/h4-7,12,18,20H,8H2,1-3H3/t12-/m0/s1. The Morgan fingerprint density at radius 2 is 1.91 bits per heavy atom. The minimum absolute atomic E-state index is 0.174. The van der Waals surface area contributed by atoms with Gasteiger partial charge in [-0.1, -0.05) is 0 Å². The summed E-state index contributed by atoms with van der Waals surface area (Å²) in [5.41, 5.74) is -0.343. The number of methoxy groups -OCH3 is 1. The summed E-state index contributed by atoms with van der Waals surface area (Å²) >= 11 is 0. The minimum atomic E-state index is -1.27. The molecule has 0 bridgehead atoms. The number of fused-ring (bicyclic) bond motifs is 2. The molecule has 0 aliphatic carbocycles. The van der Waals surface area contributed by atoms with Crippen LogP contribution in [0.4, 0.5) is 0 Å². The highest BCUT2D eigenvalue weighted by atomic mass is 16.5. The summed E-state index contributed by atoms with van der Waals surface area (Å²) in [4.78, 5) is 11.6. The van der Waals surface area contributed by atoms with E-state index >= 15 is 0 Å². The average molecular weight is 318 g/mol. The molecule has 0 saturated carbocycles. The first kappa shape index (κ1) is 15.6. The highest BCUT2D eigenvalue weighted by Gasteiger charge is 2.28. The van der Waals surface area contributed by atoms with E-state index in [1.807, 2.05) is 0 Å². The van der Waals surface area contributed by atoms with E-state index in [1.54, 1.807) is 12.1 Å². The molecule has 6 nitrogen and oxygen atoms in total. The van der Waals surface area contributed by atoms with Crippen LogP contribution in [0.1, 0.15) is 19.4 Å². The molecular formula is C17H18O6. The van der Waals surface area contributed by atoms with E-state index in [0.717, 1.165) is 10.9 Å². The highest BCUT2D eigenvalue weighted by molar-refractivity contribution is 6.03. The summed E-state index contributed by atoms with van der Waals surface area (Å²) in [6, 6.07) is 4.70. The van der Waals surface area contributed by atoms with Crippen molar-refractivity contribution in [1.82, 2.24) is 0 Å². The molecule has 0 fully saturated rings. The zero-order chi connectivity index (χ0) is 16.8. The molecule has 0 saturated heterocycles. The van der Waals surface area contributed by atoms with Crippen molar-refractivity contribution in [1.29, 1.82) is 0 Å². The van der Waals surface area contributed by atoms with E-state index in [0.29, 0.717) is 16.7 Å². The Kier molecular flexibility index (Phi) is 3.66. The first-order valence-corrected chi connectivity index (χ1v) is 7.23. The van der Waals surface area contributed by atoms with E-state index in [-0.39, 0.29) is 12.0 Å². The van der Waals surface area contributed by atoms with Gasteiger partial charge in [0.15, 0.2) is 11.2 Å². The molecule has 0 amide bonds. The van der Waals surface area contributed by atoms with Crippen LogP contribution in [0.2, 0.25) is 0 Å². The highest BCUT2D eigenvalue weighted by Crippen LogP contribution is 2.39. The van der Waals surface area contributed by atoms with Gasteiger partial charge < -0.3 is 23.8 Å². The van der Waals surface area contributed by atoms with Crippen molar-refractivity contribution in [2.24, 2.45) is 0 Å². The van der Waals surface area contributed by atoms with E-state index in [9.17, 15) is 15.0 Å². The fourth-order valence-electron chi connectivity index (χ4n) is 2.64. The van der Waals surface area contributed by atoms with Crippen molar-refractivity contribution in [2.75, 3.05) is 7.11 Å². The van der Waals surface area contributed by atoms with Gasteiger partial charge in [-0.15, -0.1) is 0 Å². The lowest BCUT2D eigenvalue weighted by Crippen LogP contribution is -2.37. The van der Waals surface area contributed by atoms with E-state index in [4.69, 9.17) is 13.6 Å². The Labute approximate surface area is 131 Å². The van der Waals surface area contributed by atoms with Crippen molar-refractivity contribution < 1.29 is 23.8 Å². The van der Waals surface area contributed by atoms with Crippen LogP contribution in [0, 0.1) is 0 Å². The molecule has 6 heteroatoms. The SMILES string of the molecule is COc1c2occc2c(C[C@H](O)C(C)(C)O)c2ccc(=O)oc12. The predicted molar refractivity (Wildman–Crippen MR) is 84.8 cm³/mol. The third-order valence-electron chi connectivity index (χ3n) is 3.98. The van der Waals surface area contributed by atoms with Gasteiger partial charge in [-0.25, -0.2) is 4.79 Å². The van der Waals surface area contributed by atoms with Crippen LogP contribution in [0.15, 0.2) is 38.1 Å². The lowest BCUT2D eigenvalue weighted by molar-refractivity contribution is -0.0466. The number of ether oxygens (including phenoxy) is 1. The van der Waals surface area contributed by atoms with Gasteiger partial charge in [-0.05, 0) is 31.5 Å². The summed E-state index contributed by atoms with van der Waals surface area (Å²) in [6.45, 7) is 3.08. The second-order valence-electron chi connectivity index (χ2n) is 6.05. The van der Waals surface area contributed by atoms with Gasteiger partial charge in [0.1, 0.15) is 0 Å². The third kappa shape index (κ3) is 2.60. The van der Waals surface area contributed by atoms with Crippen molar-refractivity contribution in [3.8, 4) is 5.75 Å². The number of aliphatic hydroxyl groups is 2. The lowest BCUT2D eigenvalue weighted by atomic mass is 9.91. The number of furan rings is 1. The Hall–Kier alpha value is -2.31. The summed E-state index contributed by atoms with van der Waals surface area (Å²) in [7, 11) is 1.47. The van der Waals surface area contributed by atoms with Gasteiger partial charge in [0.2, 0.25) is 5.75 Å². The summed E-state index contributed by atoms with van der Waals surface area (Å²) < 4.78 is 16.1. The second kappa shape index (κ2) is 5.40. The largest absolute Gasteiger partial charge is 0.490 e. The molecule has 0 aliphatic heterocycles. The Morgan fingerprint density at radius 3 is 2.57 bits per heavy atom. The van der Waals surface area contributed by atoms with E-state index in [2.05, 4.69) is 0 Å². The summed E-state index contributed by atoms with van der Waals surface area (Å²) in [5.74, 6) is 0.333. The number of hydrogen-bond donors (Lipinski definition) is 2. The van der Waals surface area contributed by atoms with Crippen molar-refractivity contribution in [2.45, 2.75) is 32.0 Å². The molecule has 1 atom stereocenters. The van der Waals surface area contributed by atoms with Crippen LogP contribution in [0.3, 0.4) is 0 Å². The summed E-state index contributed by atoms with van der Waals surface area (Å²) in [5, 5.41) is 21.7. The van der Waals surface area contributed by atoms with Crippen molar-refractivity contribution in [3.05, 3.63) is 40.4 Å². The zero-order valence-corrected chi connectivity index (χ0v) is 13.1. The maximum absolute atomic E-state index is 11.6. The van der Waals surface area contributed by atoms with Crippen LogP contribution >= 0.6 is 0 Å². The Balaban J connectivity index is 2.34. The number of benzene rings is 1. The third-order valence-corrected chi connectivity index (χ3v) is 3.98. The van der Waals surface area contributed by atoms with Gasteiger partial charge in [0.05, 0.1) is 25.1 Å². The van der Waals surface area contributed by atoms with Crippen LogP contribution in [-0.2, 0) is 6.42 Å². The minimum Gasteiger partial charge on any atom is -0.490 e. The molecule has 0 aliphatic rings. The smallest absolute Gasteiger partial charge is 0.336 e. The molecule has 0 spiro atoms. The van der Waals surface area contributed by atoms with Gasteiger partial charge in [-0.2, -0.15) is 0 Å². The fourth-order valence-corrected chi connectivity index (χ4v) is 2.64. The molecule has 0 radical (unpaired) electrons. The number of rotatable bonds is 4. The van der Waals surface area contributed by atoms with Crippen LogP contribution in [0.5, 0.6) is 5.75 Å². The topological polar surface area (TPSA) is 93.0 Å². The van der Waals surface area contributed by atoms with Gasteiger partial charge in [0.25, 0.3) is 0 Å². The normalized spacial score (nSPS) is 13.6. The first-order valence-electron chi connectivity index (χ1n) is 7.23. The monoisotopic (exact) mass is 318 g/mol. The van der Waals surface area contributed by atoms with E-state index in [1.165, 1.54) is 33.3 Å². The maximum atomic E-state index is 11.6. The first-order chi connectivity index (χ1) is 10.8. The molecule has 2 aromatic heterocycles. The molecule has 3 aromatic rings. The Bertz CT molecular complexity index is 912. The molecule has 0 unspecified atom stereocenters. The quantitative estimate of drug-likeness (QED) is 0.717. The van der Waals surface area contributed by atoms with Gasteiger partial charge >= 0.3 is 5.63 Å². The second-order valence-corrected chi connectivity index (χ2v) is 6.05. The fraction of sp³-hybridized carbons (Fsp3) is 0.353. The Morgan fingerprint density at radius 1 is 1.22 bits per heavy atom. The van der Waals surface area contributed by atoms with Crippen LogP contribution in [0.25, 0.3) is 21.9 Å². The van der Waals surface area contributed by atoms with Crippen molar-refractivity contribution in [3.63, 3.8) is 0 Å². The number of aliphatic hydroxyl groups excluding tert-OH is 1. The molecule has 3 rings (SSSR count). The molecule has 2 N–H and O–H groups in total. The molecular weight excluding hydrogens is 300 g/mol. The average Bonchev–Trinajstić information content (AvgIpc) is 2.95. The van der Waals surface area contributed by atoms with E-state index < -0.39 is 17.3 Å². The van der Waals surface area contributed by atoms with Gasteiger partial charge in [-0.3, -0.25) is 0 Å². The molecule has 122 valence electrons. The number of hydrogen-bond acceptors (Lipinski definition) is 6. The van der Waals surface area contributed by atoms with Crippen molar-refractivity contribution >= 4 is 21.9 Å². The summed E-state index contributed by atoms with van der Waals surface area (Å²) in [6.07, 6.45) is 0.682. The molecule has 2 heterocycles. The maximum Gasteiger partial charge on any atom is 0.336 e. The van der Waals surface area contributed by atoms with Gasteiger partial charge in [0, 0.05) is 23.3 Å². The van der Waals surface area contributed by atoms with Crippen LogP contribution < -0.4 is 10.4 Å². The zero-order valence-electron chi connectivity index (χ0n) is 13.1. The predicted octanol–water partition coefficient (Wildman–Crippen LogP) is 2.22.